The molecule has 1 fully saturated rings. The molecule has 0 heterocycles. The molecule has 0 aromatic heterocycles. The van der Waals surface area contributed by atoms with E-state index in [-0.39, 0.29) is 48.5 Å². The molecule has 2 aromatic carbocycles. The largest absolute Gasteiger partial charge is 0.445 e. The molecule has 2 aromatic rings. The molecule has 6 nitrogen and oxygen atoms in total. The van der Waals surface area contributed by atoms with Gasteiger partial charge in [-0.2, -0.15) is 0 Å². The van der Waals surface area contributed by atoms with Gasteiger partial charge in [-0.25, -0.2) is 4.79 Å². The van der Waals surface area contributed by atoms with Crippen LogP contribution in [0.15, 0.2) is 60.7 Å². The van der Waals surface area contributed by atoms with Crippen molar-refractivity contribution >= 4 is 12.0 Å². The first-order chi connectivity index (χ1) is 14.8. The van der Waals surface area contributed by atoms with Gasteiger partial charge in [0, 0.05) is 12.0 Å². The van der Waals surface area contributed by atoms with Gasteiger partial charge < -0.3 is 20.5 Å². The highest BCUT2D eigenvalue weighted by Crippen LogP contribution is 2.63. The number of aliphatic hydroxyl groups excluding tert-OH is 1. The second kappa shape index (κ2) is 9.96. The summed E-state index contributed by atoms with van der Waals surface area (Å²) in [4.78, 5) is 25.2. The van der Waals surface area contributed by atoms with E-state index in [1.165, 1.54) is 0 Å². The molecule has 0 aliphatic heterocycles. The normalized spacial score (nSPS) is 22.6. The Labute approximate surface area is 184 Å². The number of amides is 2. The molecule has 5 atom stereocenters. The summed E-state index contributed by atoms with van der Waals surface area (Å²) in [7, 11) is 0. The Hall–Kier alpha value is -2.86. The molecular formula is C25H32N2O4. The van der Waals surface area contributed by atoms with Gasteiger partial charge in [0.05, 0.1) is 12.6 Å². The Morgan fingerprint density at radius 3 is 2.29 bits per heavy atom. The third kappa shape index (κ3) is 5.64. The zero-order valence-electron chi connectivity index (χ0n) is 18.4. The molecule has 0 spiro atoms. The van der Waals surface area contributed by atoms with Crippen LogP contribution in [0.2, 0.25) is 0 Å². The maximum atomic E-state index is 12.6. The van der Waals surface area contributed by atoms with Crippen LogP contribution in [0, 0.1) is 17.3 Å². The second-order valence-corrected chi connectivity index (χ2v) is 8.75. The van der Waals surface area contributed by atoms with Gasteiger partial charge in [-0.3, -0.25) is 4.79 Å². The van der Waals surface area contributed by atoms with Crippen molar-refractivity contribution in [2.24, 2.45) is 17.3 Å². The summed E-state index contributed by atoms with van der Waals surface area (Å²) < 4.78 is 5.46. The van der Waals surface area contributed by atoms with Gasteiger partial charge >= 0.3 is 6.09 Å². The first-order valence-electron chi connectivity index (χ1n) is 10.8. The lowest BCUT2D eigenvalue weighted by Gasteiger charge is -2.28. The van der Waals surface area contributed by atoms with Crippen LogP contribution in [0.4, 0.5) is 4.79 Å². The van der Waals surface area contributed by atoms with Gasteiger partial charge in [0.25, 0.3) is 0 Å². The Morgan fingerprint density at radius 2 is 1.68 bits per heavy atom. The molecule has 3 rings (SSSR count). The molecule has 2 amide bonds. The summed E-state index contributed by atoms with van der Waals surface area (Å²) >= 11 is 0. The summed E-state index contributed by atoms with van der Waals surface area (Å²) in [6.45, 7) is 5.89. The summed E-state index contributed by atoms with van der Waals surface area (Å²) in [6.07, 6.45) is 0.337. The second-order valence-electron chi connectivity index (χ2n) is 8.75. The molecule has 0 radical (unpaired) electrons. The summed E-state index contributed by atoms with van der Waals surface area (Å²) in [5.41, 5.74) is 1.64. The third-order valence-electron chi connectivity index (χ3n) is 6.29. The van der Waals surface area contributed by atoms with Crippen molar-refractivity contribution in [3.05, 3.63) is 71.8 Å². The number of carbonyl (C=O) groups excluding carboxylic acids is 2. The van der Waals surface area contributed by atoms with Crippen LogP contribution in [0.3, 0.4) is 0 Å². The zero-order valence-corrected chi connectivity index (χ0v) is 18.4. The number of hydrogen-bond donors (Lipinski definition) is 3. The Bertz CT molecular complexity index is 874. The van der Waals surface area contributed by atoms with Crippen LogP contribution in [-0.4, -0.2) is 29.8 Å². The average Bonchev–Trinajstić information content (AvgIpc) is 3.48. The molecule has 0 saturated heterocycles. The van der Waals surface area contributed by atoms with E-state index < -0.39 is 6.09 Å². The predicted octanol–water partition coefficient (Wildman–Crippen LogP) is 3.81. The topological polar surface area (TPSA) is 87.7 Å². The van der Waals surface area contributed by atoms with E-state index in [1.54, 1.807) is 6.92 Å². The van der Waals surface area contributed by atoms with Crippen molar-refractivity contribution in [3.8, 4) is 0 Å². The first-order valence-corrected chi connectivity index (χ1v) is 10.8. The van der Waals surface area contributed by atoms with E-state index in [1.807, 2.05) is 67.6 Å². The molecule has 6 heteroatoms. The van der Waals surface area contributed by atoms with Crippen molar-refractivity contribution in [2.45, 2.75) is 45.9 Å². The number of hydrogen-bond acceptors (Lipinski definition) is 4. The van der Waals surface area contributed by atoms with Crippen molar-refractivity contribution < 1.29 is 19.4 Å². The SMILES string of the molecule is CC(CO)NC(=O)C(C)C1C[C@@]1(C)C(NC(=O)OCc1ccccc1)c1ccccc1. The quantitative estimate of drug-likeness (QED) is 0.571. The predicted molar refractivity (Wildman–Crippen MR) is 119 cm³/mol. The van der Waals surface area contributed by atoms with Crippen LogP contribution < -0.4 is 10.6 Å². The van der Waals surface area contributed by atoms with E-state index >= 15 is 0 Å². The van der Waals surface area contributed by atoms with Crippen LogP contribution in [0.25, 0.3) is 0 Å². The smallest absolute Gasteiger partial charge is 0.407 e. The van der Waals surface area contributed by atoms with Crippen LogP contribution in [0.5, 0.6) is 0 Å². The number of rotatable bonds is 9. The molecule has 0 bridgehead atoms. The minimum atomic E-state index is -0.476. The van der Waals surface area contributed by atoms with E-state index in [0.29, 0.717) is 0 Å². The minimum Gasteiger partial charge on any atom is -0.445 e. The fourth-order valence-corrected chi connectivity index (χ4v) is 4.25. The maximum Gasteiger partial charge on any atom is 0.407 e. The third-order valence-corrected chi connectivity index (χ3v) is 6.29. The molecule has 166 valence electrons. The Kier molecular flexibility index (Phi) is 7.33. The number of nitrogens with one attached hydrogen (secondary N) is 2. The summed E-state index contributed by atoms with van der Waals surface area (Å²) in [5.74, 6) is -0.195. The average molecular weight is 425 g/mol. The molecule has 3 N–H and O–H groups in total. The Balaban J connectivity index is 1.69. The van der Waals surface area contributed by atoms with Crippen molar-refractivity contribution in [3.63, 3.8) is 0 Å². The fourth-order valence-electron chi connectivity index (χ4n) is 4.25. The van der Waals surface area contributed by atoms with E-state index in [4.69, 9.17) is 4.74 Å². The number of ether oxygens (including phenoxy) is 1. The van der Waals surface area contributed by atoms with E-state index in [2.05, 4.69) is 17.6 Å². The van der Waals surface area contributed by atoms with Gasteiger partial charge in [0.15, 0.2) is 0 Å². The summed E-state index contributed by atoms with van der Waals surface area (Å²) in [5, 5.41) is 15.1. The van der Waals surface area contributed by atoms with Crippen molar-refractivity contribution in [1.82, 2.24) is 10.6 Å². The highest BCUT2D eigenvalue weighted by molar-refractivity contribution is 5.79. The van der Waals surface area contributed by atoms with Crippen LogP contribution >= 0.6 is 0 Å². The number of aliphatic hydroxyl groups is 1. The lowest BCUT2D eigenvalue weighted by atomic mass is 9.86. The fraction of sp³-hybridized carbons (Fsp3) is 0.440. The van der Waals surface area contributed by atoms with Crippen molar-refractivity contribution in [2.75, 3.05) is 6.61 Å². The number of carbonyl (C=O) groups is 2. The standard InChI is InChI=1S/C25H32N2O4/c1-17(15-28)26-23(29)18(2)21-14-25(21,3)22(20-12-8-5-9-13-20)27-24(30)31-16-19-10-6-4-7-11-19/h4-13,17-18,21-22,28H,14-16H2,1-3H3,(H,26,29)(H,27,30)/t17?,18?,21?,22?,25-/m1/s1. The molecule has 31 heavy (non-hydrogen) atoms. The van der Waals surface area contributed by atoms with Crippen LogP contribution in [0.1, 0.15) is 44.4 Å². The molecular weight excluding hydrogens is 392 g/mol. The van der Waals surface area contributed by atoms with Gasteiger partial charge in [0.1, 0.15) is 6.61 Å². The zero-order chi connectivity index (χ0) is 22.4. The maximum absolute atomic E-state index is 12.6. The lowest BCUT2D eigenvalue weighted by molar-refractivity contribution is -0.126. The van der Waals surface area contributed by atoms with Gasteiger partial charge in [-0.15, -0.1) is 0 Å². The lowest BCUT2D eigenvalue weighted by Crippen LogP contribution is -2.40. The Morgan fingerprint density at radius 1 is 1.06 bits per heavy atom. The minimum absolute atomic E-state index is 0.0752. The van der Waals surface area contributed by atoms with E-state index in [9.17, 15) is 14.7 Å². The first kappa shape index (κ1) is 22.8. The van der Waals surface area contributed by atoms with E-state index in [0.717, 1.165) is 17.5 Å². The van der Waals surface area contributed by atoms with Crippen LogP contribution in [-0.2, 0) is 16.1 Å². The van der Waals surface area contributed by atoms with Gasteiger partial charge in [-0.1, -0.05) is 74.5 Å². The molecule has 1 saturated carbocycles. The van der Waals surface area contributed by atoms with Gasteiger partial charge in [0.2, 0.25) is 5.91 Å². The molecule has 1 aliphatic carbocycles. The molecule has 1 aliphatic rings. The van der Waals surface area contributed by atoms with Gasteiger partial charge in [-0.05, 0) is 35.8 Å². The number of benzene rings is 2. The molecule has 4 unspecified atom stereocenters. The summed E-state index contributed by atoms with van der Waals surface area (Å²) in [6, 6.07) is 18.8. The number of alkyl carbamates (subject to hydrolysis) is 1. The highest BCUT2D eigenvalue weighted by atomic mass is 16.5. The monoisotopic (exact) mass is 424 g/mol. The highest BCUT2D eigenvalue weighted by Gasteiger charge is 2.59. The van der Waals surface area contributed by atoms with Crippen molar-refractivity contribution in [1.29, 1.82) is 0 Å².